The Bertz CT molecular complexity index is 1220. The fraction of sp³-hybridized carbons (Fsp3) is 0.182. The molecule has 0 radical (unpaired) electrons. The highest BCUT2D eigenvalue weighted by atomic mass is 35.5. The number of carbonyl (C=O) groups is 1. The van der Waals surface area contributed by atoms with Crippen molar-refractivity contribution < 1.29 is 4.79 Å². The number of hydrogen-bond acceptors (Lipinski definition) is 3. The van der Waals surface area contributed by atoms with Crippen molar-refractivity contribution in [3.63, 3.8) is 0 Å². The maximum atomic E-state index is 13.4. The summed E-state index contributed by atoms with van der Waals surface area (Å²) in [4.78, 5) is 26.3. The number of aromatic nitrogens is 2. The second-order valence-corrected chi connectivity index (χ2v) is 8.09. The zero-order valence-corrected chi connectivity index (χ0v) is 16.8. The lowest BCUT2D eigenvalue weighted by atomic mass is 9.77. The minimum Gasteiger partial charge on any atom is -0.343 e. The number of halogens is 2. The molecule has 0 bridgehead atoms. The van der Waals surface area contributed by atoms with Crippen LogP contribution in [0.1, 0.15) is 36.3 Å². The number of ketones is 1. The molecule has 0 fully saturated rings. The van der Waals surface area contributed by atoms with Crippen molar-refractivity contribution in [3.8, 4) is 5.69 Å². The summed E-state index contributed by atoms with van der Waals surface area (Å²) in [5.41, 5.74) is 3.35. The van der Waals surface area contributed by atoms with E-state index in [9.17, 15) is 9.59 Å². The van der Waals surface area contributed by atoms with Gasteiger partial charge in [0.1, 0.15) is 5.82 Å². The normalized spacial score (nSPS) is 18.3. The third-order valence-electron chi connectivity index (χ3n) is 5.53. The highest BCUT2D eigenvalue weighted by Gasteiger charge is 2.38. The first-order chi connectivity index (χ1) is 14.0. The molecule has 0 unspecified atom stereocenters. The number of anilines is 1. The summed E-state index contributed by atoms with van der Waals surface area (Å²) in [5.74, 6) is 0.188. The van der Waals surface area contributed by atoms with E-state index in [1.807, 2.05) is 36.4 Å². The van der Waals surface area contributed by atoms with Crippen LogP contribution >= 0.6 is 23.2 Å². The van der Waals surface area contributed by atoms with E-state index in [1.54, 1.807) is 12.1 Å². The predicted octanol–water partition coefficient (Wildman–Crippen LogP) is 5.04. The van der Waals surface area contributed by atoms with Crippen LogP contribution in [0, 0.1) is 0 Å². The van der Waals surface area contributed by atoms with Crippen LogP contribution < -0.4 is 10.9 Å². The maximum absolute atomic E-state index is 13.4. The molecule has 3 aromatic rings. The Kier molecular flexibility index (Phi) is 4.37. The molecule has 0 saturated carbocycles. The fourth-order valence-corrected chi connectivity index (χ4v) is 4.53. The van der Waals surface area contributed by atoms with Crippen LogP contribution in [0.15, 0.2) is 64.6 Å². The SMILES string of the molecule is O=C1CCCC2=C1[C@@H](c1ccc(Cl)c(Cl)c1)c1c([nH]n(-c3ccccc3)c1=O)N2. The van der Waals surface area contributed by atoms with E-state index >= 15 is 0 Å². The molecule has 2 heterocycles. The Morgan fingerprint density at radius 2 is 1.76 bits per heavy atom. The van der Waals surface area contributed by atoms with Crippen LogP contribution in [0.2, 0.25) is 10.0 Å². The standard InChI is InChI=1S/C22H17Cl2N3O2/c23-14-10-9-12(11-15(14)24)18-19-16(7-4-8-17(19)28)25-21-20(18)22(29)27(26-21)13-5-2-1-3-6-13/h1-3,5-6,9-11,18,25-26H,4,7-8H2/t18-/m1/s1. The van der Waals surface area contributed by atoms with Crippen molar-refractivity contribution in [1.82, 2.24) is 9.78 Å². The fourth-order valence-electron chi connectivity index (χ4n) is 4.22. The van der Waals surface area contributed by atoms with E-state index in [1.165, 1.54) is 4.68 Å². The molecule has 5 rings (SSSR count). The smallest absolute Gasteiger partial charge is 0.277 e. The molecule has 0 amide bonds. The topological polar surface area (TPSA) is 66.9 Å². The second kappa shape index (κ2) is 6.94. The van der Waals surface area contributed by atoms with Gasteiger partial charge in [-0.2, -0.15) is 0 Å². The molecule has 0 spiro atoms. The number of rotatable bonds is 2. The van der Waals surface area contributed by atoms with Gasteiger partial charge in [-0.3, -0.25) is 14.7 Å². The lowest BCUT2D eigenvalue weighted by Gasteiger charge is -2.31. The Hall–Kier alpha value is -2.76. The maximum Gasteiger partial charge on any atom is 0.277 e. The average Bonchev–Trinajstić information content (AvgIpc) is 3.06. The van der Waals surface area contributed by atoms with Gasteiger partial charge in [-0.15, -0.1) is 0 Å². The Balaban J connectivity index is 1.76. The monoisotopic (exact) mass is 425 g/mol. The van der Waals surface area contributed by atoms with E-state index in [-0.39, 0.29) is 11.3 Å². The summed E-state index contributed by atoms with van der Waals surface area (Å²) in [6.45, 7) is 0. The zero-order chi connectivity index (χ0) is 20.1. The molecule has 2 N–H and O–H groups in total. The summed E-state index contributed by atoms with van der Waals surface area (Å²) in [6.07, 6.45) is 2.03. The number of carbonyl (C=O) groups excluding carboxylic acids is 1. The molecular formula is C22H17Cl2N3O2. The van der Waals surface area contributed by atoms with Gasteiger partial charge < -0.3 is 5.32 Å². The van der Waals surface area contributed by atoms with Crippen molar-refractivity contribution in [2.75, 3.05) is 5.32 Å². The number of Topliss-reactive ketones (excluding diaryl/α,β-unsaturated/α-hetero) is 1. The number of nitrogens with one attached hydrogen (secondary N) is 2. The van der Waals surface area contributed by atoms with Gasteiger partial charge in [0.05, 0.1) is 21.3 Å². The molecular weight excluding hydrogens is 409 g/mol. The second-order valence-electron chi connectivity index (χ2n) is 7.28. The number of fused-ring (bicyclic) bond motifs is 1. The van der Waals surface area contributed by atoms with E-state index < -0.39 is 5.92 Å². The first-order valence-corrected chi connectivity index (χ1v) is 10.2. The van der Waals surface area contributed by atoms with Crippen molar-refractivity contribution in [2.45, 2.75) is 25.2 Å². The molecule has 1 aliphatic heterocycles. The number of hydrogen-bond donors (Lipinski definition) is 2. The highest BCUT2D eigenvalue weighted by Crippen LogP contribution is 2.44. The molecule has 5 nitrogen and oxygen atoms in total. The van der Waals surface area contributed by atoms with Gasteiger partial charge >= 0.3 is 0 Å². The number of para-hydroxylation sites is 1. The molecule has 29 heavy (non-hydrogen) atoms. The van der Waals surface area contributed by atoms with Crippen LogP contribution in [0.25, 0.3) is 5.69 Å². The first-order valence-electron chi connectivity index (χ1n) is 9.43. The van der Waals surface area contributed by atoms with Gasteiger partial charge in [-0.05, 0) is 42.7 Å². The number of benzene rings is 2. The Morgan fingerprint density at radius 1 is 0.966 bits per heavy atom. The van der Waals surface area contributed by atoms with Crippen molar-refractivity contribution in [1.29, 1.82) is 0 Å². The molecule has 1 aliphatic carbocycles. The van der Waals surface area contributed by atoms with Crippen LogP contribution in [-0.4, -0.2) is 15.6 Å². The molecule has 0 saturated heterocycles. The van der Waals surface area contributed by atoms with E-state index in [0.717, 1.165) is 29.8 Å². The third-order valence-corrected chi connectivity index (χ3v) is 6.27. The van der Waals surface area contributed by atoms with Gasteiger partial charge in [0.25, 0.3) is 5.56 Å². The Labute approximate surface area is 176 Å². The third kappa shape index (κ3) is 2.93. The minimum absolute atomic E-state index is 0.0623. The van der Waals surface area contributed by atoms with E-state index in [0.29, 0.717) is 33.4 Å². The molecule has 2 aromatic carbocycles. The first kappa shape index (κ1) is 18.3. The highest BCUT2D eigenvalue weighted by molar-refractivity contribution is 6.42. The molecule has 2 aliphatic rings. The summed E-state index contributed by atoms with van der Waals surface area (Å²) < 4.78 is 1.51. The zero-order valence-electron chi connectivity index (χ0n) is 15.3. The number of nitrogens with zero attached hydrogens (tertiary/aromatic N) is 1. The van der Waals surface area contributed by atoms with E-state index in [2.05, 4.69) is 10.4 Å². The van der Waals surface area contributed by atoms with Crippen LogP contribution in [0.5, 0.6) is 0 Å². The van der Waals surface area contributed by atoms with E-state index in [4.69, 9.17) is 23.2 Å². The molecule has 7 heteroatoms. The van der Waals surface area contributed by atoms with Crippen LogP contribution in [-0.2, 0) is 4.79 Å². The summed E-state index contributed by atoms with van der Waals surface area (Å²) >= 11 is 12.4. The van der Waals surface area contributed by atoms with Crippen molar-refractivity contribution in [2.24, 2.45) is 0 Å². The van der Waals surface area contributed by atoms with Gasteiger partial charge in [0.2, 0.25) is 0 Å². The molecule has 1 aromatic heterocycles. The Morgan fingerprint density at radius 3 is 2.52 bits per heavy atom. The summed E-state index contributed by atoms with van der Waals surface area (Å²) in [7, 11) is 0. The molecule has 146 valence electrons. The van der Waals surface area contributed by atoms with Gasteiger partial charge in [-0.1, -0.05) is 47.5 Å². The van der Waals surface area contributed by atoms with Crippen molar-refractivity contribution in [3.05, 3.63) is 91.3 Å². The van der Waals surface area contributed by atoms with Gasteiger partial charge in [-0.25, -0.2) is 4.68 Å². The van der Waals surface area contributed by atoms with Crippen LogP contribution in [0.4, 0.5) is 5.82 Å². The van der Waals surface area contributed by atoms with Gasteiger partial charge in [0, 0.05) is 23.6 Å². The number of H-pyrrole nitrogens is 1. The quantitative estimate of drug-likeness (QED) is 0.604. The van der Waals surface area contributed by atoms with Gasteiger partial charge in [0.15, 0.2) is 5.78 Å². The molecule has 1 atom stereocenters. The van der Waals surface area contributed by atoms with Crippen LogP contribution in [0.3, 0.4) is 0 Å². The summed E-state index contributed by atoms with van der Waals surface area (Å²) in [6, 6.07) is 14.6. The largest absolute Gasteiger partial charge is 0.343 e. The predicted molar refractivity (Wildman–Crippen MR) is 114 cm³/mol. The lowest BCUT2D eigenvalue weighted by Crippen LogP contribution is -2.29. The minimum atomic E-state index is -0.488. The summed E-state index contributed by atoms with van der Waals surface area (Å²) in [5, 5.41) is 7.32. The number of aromatic amines is 1. The lowest BCUT2D eigenvalue weighted by molar-refractivity contribution is -0.116. The number of allylic oxidation sites excluding steroid dienone is 2. The van der Waals surface area contributed by atoms with Crippen molar-refractivity contribution >= 4 is 34.8 Å². The average molecular weight is 426 g/mol.